The number of halogens is 2. The second-order valence-corrected chi connectivity index (χ2v) is 5.82. The van der Waals surface area contributed by atoms with Crippen molar-refractivity contribution in [1.82, 2.24) is 4.90 Å². The van der Waals surface area contributed by atoms with E-state index in [1.807, 2.05) is 0 Å². The van der Waals surface area contributed by atoms with Gasteiger partial charge in [0.05, 0.1) is 11.1 Å². The third kappa shape index (κ3) is 5.80. The molecule has 0 bridgehead atoms. The number of carbonyl (C=O) groups is 2. The molecule has 2 rings (SSSR count). The first-order valence-electron chi connectivity index (χ1n) is 6.04. The Morgan fingerprint density at radius 1 is 1.04 bits per heavy atom. The van der Waals surface area contributed by atoms with Gasteiger partial charge < -0.3 is 19.7 Å². The van der Waals surface area contributed by atoms with Crippen LogP contribution in [-0.4, -0.2) is 37.5 Å². The van der Waals surface area contributed by atoms with Crippen LogP contribution in [0, 0.1) is 0 Å². The molecule has 0 amide bonds. The van der Waals surface area contributed by atoms with Crippen molar-refractivity contribution in [2.24, 2.45) is 0 Å². The van der Waals surface area contributed by atoms with Gasteiger partial charge in [0.25, 0.3) is 0 Å². The standard InChI is InChI=1S/C14H13NO5S.2ClH/c16-13(17)10-6-11(14(18)19)8-15(7-10)9-21(20)12-4-2-1-3-5-12;;/h1-5,7-8H,6,9H2,(H,16,17)(H,18,19);2*1H. The van der Waals surface area contributed by atoms with Crippen LogP contribution < -0.4 is 0 Å². The van der Waals surface area contributed by atoms with Crippen LogP contribution in [-0.2, 0) is 20.8 Å². The molecule has 0 saturated carbocycles. The number of aliphatic carboxylic acids is 2. The number of rotatable bonds is 5. The first kappa shape index (κ1) is 21.3. The highest BCUT2D eigenvalue weighted by molar-refractivity contribution is 7.91. The molecule has 6 nitrogen and oxygen atoms in total. The molecule has 9 heteroatoms. The van der Waals surface area contributed by atoms with Gasteiger partial charge in [-0.1, -0.05) is 18.2 Å². The van der Waals surface area contributed by atoms with E-state index in [0.717, 1.165) is 0 Å². The first-order chi connectivity index (χ1) is 9.97. The summed E-state index contributed by atoms with van der Waals surface area (Å²) >= 11 is -1.39. The van der Waals surface area contributed by atoms with Gasteiger partial charge >= 0.3 is 11.9 Å². The van der Waals surface area contributed by atoms with Crippen molar-refractivity contribution in [1.29, 1.82) is 0 Å². The zero-order valence-electron chi connectivity index (χ0n) is 11.7. The van der Waals surface area contributed by atoms with E-state index >= 15 is 0 Å². The van der Waals surface area contributed by atoms with Gasteiger partial charge in [-0.15, -0.1) is 24.8 Å². The molecule has 1 atom stereocenters. The Balaban J connectivity index is 0.00000242. The van der Waals surface area contributed by atoms with Gasteiger partial charge in [-0.2, -0.15) is 0 Å². The fraction of sp³-hybridized carbons (Fsp3) is 0.143. The number of hydrogen-bond donors (Lipinski definition) is 2. The number of nitrogens with zero attached hydrogens (tertiary/aromatic N) is 1. The van der Waals surface area contributed by atoms with Gasteiger partial charge in [-0.25, -0.2) is 9.59 Å². The monoisotopic (exact) mass is 379 g/mol. The lowest BCUT2D eigenvalue weighted by molar-refractivity contribution is -0.133. The largest absolute Gasteiger partial charge is 0.610 e. The quantitative estimate of drug-likeness (QED) is 0.760. The zero-order valence-corrected chi connectivity index (χ0v) is 14.2. The molecule has 1 heterocycles. The van der Waals surface area contributed by atoms with Gasteiger partial charge in [-0.3, -0.25) is 0 Å². The zero-order chi connectivity index (χ0) is 15.4. The summed E-state index contributed by atoms with van der Waals surface area (Å²) in [5.41, 5.74) is -0.0834. The topological polar surface area (TPSA) is 101 Å². The normalized spacial score (nSPS) is 14.6. The van der Waals surface area contributed by atoms with E-state index in [1.165, 1.54) is 17.3 Å². The summed E-state index contributed by atoms with van der Waals surface area (Å²) in [4.78, 5) is 24.0. The van der Waals surface area contributed by atoms with E-state index in [0.29, 0.717) is 4.90 Å². The molecule has 0 aliphatic carbocycles. The lowest BCUT2D eigenvalue weighted by Crippen LogP contribution is -2.26. The van der Waals surface area contributed by atoms with Crippen LogP contribution in [0.15, 0.2) is 58.8 Å². The van der Waals surface area contributed by atoms with E-state index in [4.69, 9.17) is 10.2 Å². The smallest absolute Gasteiger partial charge is 0.333 e. The van der Waals surface area contributed by atoms with Gasteiger partial charge in [-0.05, 0) is 12.1 Å². The Labute approximate surface area is 148 Å². The molecule has 1 aliphatic heterocycles. The molecular weight excluding hydrogens is 365 g/mol. The highest BCUT2D eigenvalue weighted by Crippen LogP contribution is 2.21. The number of benzene rings is 1. The van der Waals surface area contributed by atoms with E-state index in [1.54, 1.807) is 30.3 Å². The van der Waals surface area contributed by atoms with Crippen molar-refractivity contribution in [3.8, 4) is 0 Å². The third-order valence-electron chi connectivity index (χ3n) is 2.85. The van der Waals surface area contributed by atoms with E-state index < -0.39 is 23.1 Å². The summed E-state index contributed by atoms with van der Waals surface area (Å²) in [6.45, 7) is 0. The first-order valence-corrected chi connectivity index (χ1v) is 7.36. The lowest BCUT2D eigenvalue weighted by atomic mass is 10.0. The average Bonchev–Trinajstić information content (AvgIpc) is 2.47. The molecule has 0 saturated heterocycles. The fourth-order valence-corrected chi connectivity index (χ4v) is 2.88. The van der Waals surface area contributed by atoms with Crippen LogP contribution in [0.1, 0.15) is 6.42 Å². The van der Waals surface area contributed by atoms with Crippen molar-refractivity contribution in [3.05, 3.63) is 53.9 Å². The molecule has 1 aromatic rings. The number of carboxylic acids is 2. The van der Waals surface area contributed by atoms with Crippen LogP contribution >= 0.6 is 24.8 Å². The Bertz CT molecular complexity index is 591. The maximum atomic E-state index is 12.2. The molecule has 0 fully saturated rings. The summed E-state index contributed by atoms with van der Waals surface area (Å²) in [5, 5.41) is 18.0. The maximum absolute atomic E-state index is 12.2. The van der Waals surface area contributed by atoms with Crippen LogP contribution in [0.25, 0.3) is 0 Å². The third-order valence-corrected chi connectivity index (χ3v) is 4.18. The predicted molar refractivity (Wildman–Crippen MR) is 90.1 cm³/mol. The molecule has 0 radical (unpaired) electrons. The maximum Gasteiger partial charge on any atom is 0.333 e. The molecular formula is C14H15Cl2NO5S. The molecule has 2 N–H and O–H groups in total. The SMILES string of the molecule is Cl.Cl.O=C(O)C1=CN(C[S+]([O-])c2ccccc2)C=C(C(=O)O)C1. The summed E-state index contributed by atoms with van der Waals surface area (Å²) in [6.07, 6.45) is 2.48. The minimum Gasteiger partial charge on any atom is -0.610 e. The second kappa shape index (κ2) is 9.46. The number of carboxylic acid groups (broad SMARTS) is 2. The summed E-state index contributed by atoms with van der Waals surface area (Å²) in [6, 6.07) is 8.70. The van der Waals surface area contributed by atoms with Crippen molar-refractivity contribution in [2.45, 2.75) is 11.3 Å². The Morgan fingerprint density at radius 2 is 1.52 bits per heavy atom. The van der Waals surface area contributed by atoms with E-state index in [2.05, 4.69) is 0 Å². The Hall–Kier alpha value is -1.67. The average molecular weight is 380 g/mol. The highest BCUT2D eigenvalue weighted by Gasteiger charge is 2.24. The van der Waals surface area contributed by atoms with E-state index in [-0.39, 0.29) is 48.3 Å². The molecule has 1 unspecified atom stereocenters. The van der Waals surface area contributed by atoms with Crippen LogP contribution in [0.4, 0.5) is 0 Å². The van der Waals surface area contributed by atoms with Crippen molar-refractivity contribution in [3.63, 3.8) is 0 Å². The summed E-state index contributed by atoms with van der Waals surface area (Å²) in [5.74, 6) is -2.37. The van der Waals surface area contributed by atoms with Crippen LogP contribution in [0.5, 0.6) is 0 Å². The van der Waals surface area contributed by atoms with Gasteiger partial charge in [0.2, 0.25) is 0 Å². The van der Waals surface area contributed by atoms with Gasteiger partial charge in [0, 0.05) is 30.0 Å². The molecule has 1 aromatic carbocycles. The Morgan fingerprint density at radius 3 is 1.96 bits per heavy atom. The van der Waals surface area contributed by atoms with Crippen molar-refractivity contribution < 1.29 is 24.4 Å². The molecule has 23 heavy (non-hydrogen) atoms. The minimum atomic E-state index is -1.39. The Kier molecular flexibility index (Phi) is 8.78. The molecule has 0 spiro atoms. The van der Waals surface area contributed by atoms with Gasteiger partial charge in [0.1, 0.15) is 0 Å². The van der Waals surface area contributed by atoms with Crippen molar-refractivity contribution >= 4 is 47.9 Å². The number of hydrogen-bond acceptors (Lipinski definition) is 4. The lowest BCUT2D eigenvalue weighted by Gasteiger charge is -2.23. The molecule has 126 valence electrons. The predicted octanol–water partition coefficient (Wildman–Crippen LogP) is 2.24. The highest BCUT2D eigenvalue weighted by atomic mass is 35.5. The summed E-state index contributed by atoms with van der Waals surface area (Å²) in [7, 11) is 0. The molecule has 1 aliphatic rings. The van der Waals surface area contributed by atoms with Crippen LogP contribution in [0.3, 0.4) is 0 Å². The van der Waals surface area contributed by atoms with Crippen LogP contribution in [0.2, 0.25) is 0 Å². The summed E-state index contributed by atoms with van der Waals surface area (Å²) < 4.78 is 12.2. The second-order valence-electron chi connectivity index (χ2n) is 4.40. The van der Waals surface area contributed by atoms with Gasteiger partial charge in [0.15, 0.2) is 10.8 Å². The fourth-order valence-electron chi connectivity index (χ4n) is 1.85. The van der Waals surface area contributed by atoms with E-state index in [9.17, 15) is 14.1 Å². The minimum absolute atomic E-state index is 0. The molecule has 0 aromatic heterocycles. The van der Waals surface area contributed by atoms with Crippen molar-refractivity contribution in [2.75, 3.05) is 5.88 Å².